The van der Waals surface area contributed by atoms with E-state index >= 15 is 0 Å². The Morgan fingerprint density at radius 3 is 2.67 bits per heavy atom. The molecule has 1 aromatic carbocycles. The van der Waals surface area contributed by atoms with E-state index in [-0.39, 0.29) is 13.2 Å². The highest BCUT2D eigenvalue weighted by Gasteiger charge is 2.37. The van der Waals surface area contributed by atoms with Gasteiger partial charge in [0.05, 0.1) is 12.2 Å². The first kappa shape index (κ1) is 16.6. The van der Waals surface area contributed by atoms with Gasteiger partial charge >= 0.3 is 5.82 Å². The largest absolute Gasteiger partial charge is 0.489 e. The zero-order valence-electron chi connectivity index (χ0n) is 14.1. The highest BCUT2D eigenvalue weighted by Crippen LogP contribution is 2.38. The van der Waals surface area contributed by atoms with Crippen LogP contribution in [-0.4, -0.2) is 23.2 Å². The van der Waals surface area contributed by atoms with Gasteiger partial charge in [-0.2, -0.15) is 9.78 Å². The lowest BCUT2D eigenvalue weighted by atomic mass is 10.2. The average molecular weight is 331 g/mol. The van der Waals surface area contributed by atoms with E-state index in [1.807, 2.05) is 24.3 Å². The van der Waals surface area contributed by atoms with E-state index in [1.54, 1.807) is 0 Å². The zero-order chi connectivity index (χ0) is 17.1. The molecule has 3 N–H and O–H groups in total. The van der Waals surface area contributed by atoms with E-state index in [1.165, 1.54) is 12.8 Å². The zero-order valence-corrected chi connectivity index (χ0v) is 14.1. The van der Waals surface area contributed by atoms with E-state index < -0.39 is 0 Å². The number of aromatic amines is 1. The van der Waals surface area contributed by atoms with Crippen molar-refractivity contribution in [2.45, 2.75) is 38.6 Å². The van der Waals surface area contributed by atoms with Crippen molar-refractivity contribution in [1.29, 1.82) is 0 Å². The second kappa shape index (κ2) is 7.13. The Balaban J connectivity index is 1.75. The van der Waals surface area contributed by atoms with Gasteiger partial charge in [0.1, 0.15) is 18.4 Å². The first-order valence-electron chi connectivity index (χ1n) is 8.35. The Morgan fingerprint density at radius 2 is 2.12 bits per heavy atom. The third kappa shape index (κ3) is 3.64. The molecule has 0 unspecified atom stereocenters. The van der Waals surface area contributed by atoms with Crippen LogP contribution in [0.15, 0.2) is 36.2 Å². The van der Waals surface area contributed by atoms with Gasteiger partial charge in [-0.1, -0.05) is 0 Å². The molecule has 0 radical (unpaired) electrons. The molecule has 1 heterocycles. The van der Waals surface area contributed by atoms with Crippen LogP contribution in [0.5, 0.6) is 5.75 Å². The summed E-state index contributed by atoms with van der Waals surface area (Å²) in [4.78, 5) is 4.79. The SMILES string of the molecule is CC(C)[n+]1[nH]c(-c2ccc(OC/C(=C/F)CN)cc2)nc1C1CC1. The van der Waals surface area contributed by atoms with E-state index in [2.05, 4.69) is 23.6 Å². The van der Waals surface area contributed by atoms with Crippen LogP contribution < -0.4 is 15.2 Å². The molecule has 0 aliphatic heterocycles. The predicted octanol–water partition coefficient (Wildman–Crippen LogP) is 3.01. The highest BCUT2D eigenvalue weighted by molar-refractivity contribution is 5.55. The van der Waals surface area contributed by atoms with Crippen LogP contribution >= 0.6 is 0 Å². The van der Waals surface area contributed by atoms with Gasteiger partial charge in [-0.3, -0.25) is 0 Å². The van der Waals surface area contributed by atoms with Crippen molar-refractivity contribution in [3.63, 3.8) is 0 Å². The minimum atomic E-state index is 0.153. The number of nitrogens with one attached hydrogen (secondary N) is 1. The number of hydrogen-bond acceptors (Lipinski definition) is 3. The van der Waals surface area contributed by atoms with Gasteiger partial charge in [-0.15, -0.1) is 0 Å². The van der Waals surface area contributed by atoms with Crippen LogP contribution in [-0.2, 0) is 0 Å². The normalized spacial score (nSPS) is 15.1. The van der Waals surface area contributed by atoms with E-state index in [0.717, 1.165) is 17.2 Å². The minimum Gasteiger partial charge on any atom is -0.489 e. The summed E-state index contributed by atoms with van der Waals surface area (Å²) in [7, 11) is 0. The van der Waals surface area contributed by atoms with Crippen molar-refractivity contribution < 1.29 is 13.8 Å². The summed E-state index contributed by atoms with van der Waals surface area (Å²) in [6.07, 6.45) is 2.94. The third-order valence-electron chi connectivity index (χ3n) is 4.13. The van der Waals surface area contributed by atoms with Gasteiger partial charge < -0.3 is 10.5 Å². The van der Waals surface area contributed by atoms with E-state index in [9.17, 15) is 4.39 Å². The number of nitrogens with zero attached hydrogens (tertiary/aromatic N) is 2. The van der Waals surface area contributed by atoms with E-state index in [4.69, 9.17) is 15.5 Å². The summed E-state index contributed by atoms with van der Waals surface area (Å²) in [5.41, 5.74) is 6.85. The quantitative estimate of drug-likeness (QED) is 0.766. The Kier molecular flexibility index (Phi) is 4.94. The molecular weight excluding hydrogens is 307 g/mol. The molecule has 2 aromatic rings. The molecule has 1 aliphatic carbocycles. The Morgan fingerprint density at radius 1 is 1.42 bits per heavy atom. The molecule has 24 heavy (non-hydrogen) atoms. The molecule has 0 saturated heterocycles. The Labute approximate surface area is 141 Å². The van der Waals surface area contributed by atoms with Crippen LogP contribution in [0, 0.1) is 0 Å². The number of aromatic nitrogens is 3. The van der Waals surface area contributed by atoms with Gasteiger partial charge in [0, 0.05) is 17.7 Å². The van der Waals surface area contributed by atoms with Gasteiger partial charge in [0.25, 0.3) is 5.82 Å². The number of halogens is 1. The average Bonchev–Trinajstić information content (AvgIpc) is 3.34. The van der Waals surface area contributed by atoms with Crippen molar-refractivity contribution >= 4 is 0 Å². The number of H-pyrrole nitrogens is 1. The van der Waals surface area contributed by atoms with Crippen LogP contribution in [0.3, 0.4) is 0 Å². The van der Waals surface area contributed by atoms with Crippen LogP contribution in [0.25, 0.3) is 11.4 Å². The molecule has 128 valence electrons. The third-order valence-corrected chi connectivity index (χ3v) is 4.13. The molecule has 0 atom stereocenters. The molecule has 5 nitrogen and oxygen atoms in total. The van der Waals surface area contributed by atoms with Crippen molar-refractivity contribution in [1.82, 2.24) is 10.1 Å². The van der Waals surface area contributed by atoms with Crippen LogP contribution in [0.2, 0.25) is 0 Å². The molecule has 0 amide bonds. The number of ether oxygens (including phenoxy) is 1. The highest BCUT2D eigenvalue weighted by atomic mass is 19.1. The summed E-state index contributed by atoms with van der Waals surface area (Å²) >= 11 is 0. The summed E-state index contributed by atoms with van der Waals surface area (Å²) < 4.78 is 20.2. The standard InChI is InChI=1S/C18H23FN4O/c1-12(2)23-18(15-3-4-15)21-17(22-23)14-5-7-16(8-6-14)24-11-13(9-19)10-20/h5-9,12,15H,3-4,10-11,20H2,1-2H3/p+1/b13-9+. The summed E-state index contributed by atoms with van der Waals surface area (Å²) in [6, 6.07) is 7.99. The second-order valence-corrected chi connectivity index (χ2v) is 6.45. The lowest BCUT2D eigenvalue weighted by molar-refractivity contribution is -0.774. The maximum atomic E-state index is 12.5. The molecular formula is C18H24FN4O+. The fourth-order valence-electron chi connectivity index (χ4n) is 2.54. The molecule has 1 aliphatic rings. The maximum Gasteiger partial charge on any atom is 0.322 e. The Bertz CT molecular complexity index is 698. The van der Waals surface area contributed by atoms with Gasteiger partial charge in [0.2, 0.25) is 0 Å². The summed E-state index contributed by atoms with van der Waals surface area (Å²) in [6.45, 7) is 4.61. The van der Waals surface area contributed by atoms with Crippen LogP contribution in [0.4, 0.5) is 4.39 Å². The first-order valence-corrected chi connectivity index (χ1v) is 8.35. The second-order valence-electron chi connectivity index (χ2n) is 6.45. The molecule has 0 bridgehead atoms. The summed E-state index contributed by atoms with van der Waals surface area (Å²) in [5, 5.41) is 3.40. The molecule has 3 rings (SSSR count). The number of hydrogen-bond donors (Lipinski definition) is 2. The smallest absolute Gasteiger partial charge is 0.322 e. The maximum absolute atomic E-state index is 12.5. The molecule has 1 fully saturated rings. The predicted molar refractivity (Wildman–Crippen MR) is 90.3 cm³/mol. The van der Waals surface area contributed by atoms with Gasteiger partial charge in [0.15, 0.2) is 0 Å². The Hall–Kier alpha value is -2.21. The summed E-state index contributed by atoms with van der Waals surface area (Å²) in [5.74, 6) is 3.27. The van der Waals surface area contributed by atoms with Gasteiger partial charge in [-0.05, 0) is 55.9 Å². The first-order chi connectivity index (χ1) is 11.6. The number of benzene rings is 1. The number of nitrogens with two attached hydrogens (primary N) is 1. The van der Waals surface area contributed by atoms with E-state index in [0.29, 0.717) is 29.6 Å². The fraction of sp³-hybridized carbons (Fsp3) is 0.444. The van der Waals surface area contributed by atoms with Crippen molar-refractivity contribution in [2.75, 3.05) is 13.2 Å². The monoisotopic (exact) mass is 331 g/mol. The van der Waals surface area contributed by atoms with Gasteiger partial charge in [-0.25, -0.2) is 4.39 Å². The molecule has 1 aromatic heterocycles. The van der Waals surface area contributed by atoms with Crippen molar-refractivity contribution in [3.8, 4) is 17.1 Å². The molecule has 6 heteroatoms. The number of rotatable bonds is 7. The minimum absolute atomic E-state index is 0.153. The van der Waals surface area contributed by atoms with Crippen LogP contribution in [0.1, 0.15) is 44.5 Å². The molecule has 1 saturated carbocycles. The lowest BCUT2D eigenvalue weighted by Crippen LogP contribution is -2.41. The lowest BCUT2D eigenvalue weighted by Gasteiger charge is -2.07. The van der Waals surface area contributed by atoms with Crippen molar-refractivity contribution in [3.05, 3.63) is 42.0 Å². The van der Waals surface area contributed by atoms with Crippen molar-refractivity contribution in [2.24, 2.45) is 5.73 Å². The topological polar surface area (TPSA) is 67.8 Å². The molecule has 0 spiro atoms. The fourth-order valence-corrected chi connectivity index (χ4v) is 2.54.